The summed E-state index contributed by atoms with van der Waals surface area (Å²) >= 11 is 0. The van der Waals surface area contributed by atoms with Gasteiger partial charge >= 0.3 is 0 Å². The Kier molecular flexibility index (Phi) is 7.69. The van der Waals surface area contributed by atoms with Gasteiger partial charge < -0.3 is 10.0 Å². The maximum absolute atomic E-state index is 13.6. The van der Waals surface area contributed by atoms with Gasteiger partial charge in [0.1, 0.15) is 5.75 Å². The van der Waals surface area contributed by atoms with Gasteiger partial charge in [-0.3, -0.25) is 9.88 Å². The van der Waals surface area contributed by atoms with E-state index in [4.69, 9.17) is 0 Å². The number of pyridine rings is 1. The molecule has 0 aliphatic carbocycles. The van der Waals surface area contributed by atoms with Crippen LogP contribution in [0.25, 0.3) is 10.8 Å². The number of aromatic hydroxyl groups is 1. The summed E-state index contributed by atoms with van der Waals surface area (Å²) in [5.41, 5.74) is 2.18. The number of fused-ring (bicyclic) bond motifs is 1. The zero-order valence-electron chi connectivity index (χ0n) is 20.7. The van der Waals surface area contributed by atoms with E-state index in [1.807, 2.05) is 24.3 Å². The van der Waals surface area contributed by atoms with Crippen LogP contribution in [0.3, 0.4) is 0 Å². The van der Waals surface area contributed by atoms with E-state index in [1.165, 1.54) is 5.69 Å². The third-order valence-corrected chi connectivity index (χ3v) is 8.44. The van der Waals surface area contributed by atoms with Crippen LogP contribution in [0.2, 0.25) is 0 Å². The van der Waals surface area contributed by atoms with E-state index in [0.717, 1.165) is 43.5 Å². The van der Waals surface area contributed by atoms with Gasteiger partial charge in [-0.25, -0.2) is 13.1 Å². The molecule has 0 bridgehead atoms. The van der Waals surface area contributed by atoms with Crippen LogP contribution in [0.4, 0.5) is 5.69 Å². The minimum absolute atomic E-state index is 0.193. The van der Waals surface area contributed by atoms with Gasteiger partial charge in [-0.15, -0.1) is 0 Å². The maximum Gasteiger partial charge on any atom is 0.241 e. The monoisotopic (exact) mass is 516 g/mol. The van der Waals surface area contributed by atoms with Gasteiger partial charge in [0.15, 0.2) is 0 Å². The summed E-state index contributed by atoms with van der Waals surface area (Å²) < 4.78 is 30.3. The van der Waals surface area contributed by atoms with E-state index in [2.05, 4.69) is 43.8 Å². The summed E-state index contributed by atoms with van der Waals surface area (Å²) in [6.45, 7) is 4.20. The molecule has 1 aliphatic heterocycles. The Morgan fingerprint density at radius 3 is 2.51 bits per heavy atom. The molecule has 0 amide bonds. The van der Waals surface area contributed by atoms with Crippen molar-refractivity contribution in [1.29, 1.82) is 0 Å². The number of anilines is 1. The molecule has 4 aromatic rings. The van der Waals surface area contributed by atoms with Crippen molar-refractivity contribution in [2.24, 2.45) is 0 Å². The largest absolute Gasteiger partial charge is 0.508 e. The number of nitrogens with one attached hydrogen (secondary N) is 1. The van der Waals surface area contributed by atoms with E-state index in [0.29, 0.717) is 18.4 Å². The van der Waals surface area contributed by atoms with E-state index in [9.17, 15) is 13.5 Å². The Hall–Kier alpha value is -3.46. The fourth-order valence-corrected chi connectivity index (χ4v) is 6.49. The Morgan fingerprint density at radius 1 is 0.892 bits per heavy atom. The van der Waals surface area contributed by atoms with Gasteiger partial charge in [0.2, 0.25) is 10.0 Å². The van der Waals surface area contributed by atoms with Gasteiger partial charge in [0.05, 0.1) is 4.90 Å². The molecule has 2 N–H and O–H groups in total. The van der Waals surface area contributed by atoms with Crippen LogP contribution in [0, 0.1) is 0 Å². The molecule has 1 unspecified atom stereocenters. The highest BCUT2D eigenvalue weighted by molar-refractivity contribution is 7.89. The number of hydrogen-bond donors (Lipinski definition) is 2. The quantitative estimate of drug-likeness (QED) is 0.368. The molecule has 37 heavy (non-hydrogen) atoms. The molecule has 192 valence electrons. The zero-order valence-corrected chi connectivity index (χ0v) is 21.5. The summed E-state index contributed by atoms with van der Waals surface area (Å²) in [5.74, 6) is 0.193. The van der Waals surface area contributed by atoms with E-state index in [-0.39, 0.29) is 16.7 Å². The average Bonchev–Trinajstić information content (AvgIpc) is 3.15. The summed E-state index contributed by atoms with van der Waals surface area (Å²) in [4.78, 5) is 9.13. The van der Waals surface area contributed by atoms with Gasteiger partial charge in [0.25, 0.3) is 0 Å². The SMILES string of the molecule is O=S(=O)(NC(Cc1ccc(O)cc1)CN1CCCN(c2ccccc2)CC1)c1cccc2cnccc12. The third-order valence-electron chi connectivity index (χ3n) is 6.86. The molecule has 1 aromatic heterocycles. The number of hydrogen-bond acceptors (Lipinski definition) is 6. The van der Waals surface area contributed by atoms with Gasteiger partial charge in [0, 0.05) is 61.1 Å². The molecule has 1 atom stereocenters. The highest BCUT2D eigenvalue weighted by atomic mass is 32.2. The summed E-state index contributed by atoms with van der Waals surface area (Å²) in [6, 6.07) is 24.1. The Labute approximate surface area is 218 Å². The van der Waals surface area contributed by atoms with Crippen molar-refractivity contribution in [2.75, 3.05) is 37.6 Å². The second kappa shape index (κ2) is 11.3. The van der Waals surface area contributed by atoms with Crippen LogP contribution in [0.15, 0.2) is 96.2 Å². The van der Waals surface area contributed by atoms with E-state index < -0.39 is 10.0 Å². The number of phenols is 1. The number of nitrogens with zero attached hydrogens (tertiary/aromatic N) is 3. The minimum atomic E-state index is -3.79. The smallest absolute Gasteiger partial charge is 0.241 e. The highest BCUT2D eigenvalue weighted by Gasteiger charge is 2.25. The fraction of sp³-hybridized carbons (Fsp3) is 0.276. The lowest BCUT2D eigenvalue weighted by Crippen LogP contribution is -2.46. The van der Waals surface area contributed by atoms with Crippen molar-refractivity contribution in [3.8, 4) is 5.75 Å². The second-order valence-electron chi connectivity index (χ2n) is 9.52. The standard InChI is InChI=1S/C29H32N4O3S/c34-27-12-10-23(11-13-27)20-25(22-32-16-5-17-33(19-18-32)26-7-2-1-3-8-26)31-37(35,36)29-9-4-6-24-21-30-15-14-28(24)29/h1-4,6-15,21,25,31,34H,5,16-20,22H2. The first kappa shape index (κ1) is 25.2. The lowest BCUT2D eigenvalue weighted by atomic mass is 10.1. The van der Waals surface area contributed by atoms with Crippen molar-refractivity contribution in [2.45, 2.75) is 23.8 Å². The van der Waals surface area contributed by atoms with E-state index >= 15 is 0 Å². The van der Waals surface area contributed by atoms with Gasteiger partial charge in [-0.05, 0) is 61.3 Å². The second-order valence-corrected chi connectivity index (χ2v) is 11.2. The summed E-state index contributed by atoms with van der Waals surface area (Å²) in [7, 11) is -3.79. The number of rotatable bonds is 8. The topological polar surface area (TPSA) is 85.8 Å². The molecule has 1 aliphatic rings. The van der Waals surface area contributed by atoms with Crippen LogP contribution in [0.5, 0.6) is 5.75 Å². The molecule has 8 heteroatoms. The first-order valence-corrected chi connectivity index (χ1v) is 14.1. The molecular formula is C29H32N4O3S. The number of benzene rings is 3. The molecule has 7 nitrogen and oxygen atoms in total. The van der Waals surface area contributed by atoms with Crippen LogP contribution >= 0.6 is 0 Å². The van der Waals surface area contributed by atoms with Crippen LogP contribution in [0.1, 0.15) is 12.0 Å². The van der Waals surface area contributed by atoms with Crippen molar-refractivity contribution >= 4 is 26.5 Å². The Balaban J connectivity index is 1.36. The van der Waals surface area contributed by atoms with Crippen LogP contribution in [-0.2, 0) is 16.4 Å². The number of para-hydroxylation sites is 1. The van der Waals surface area contributed by atoms with Gasteiger partial charge in [-0.2, -0.15) is 0 Å². The lowest BCUT2D eigenvalue weighted by Gasteiger charge is -2.28. The van der Waals surface area contributed by atoms with Crippen molar-refractivity contribution in [3.05, 3.63) is 96.8 Å². The number of phenolic OH excluding ortho intramolecular Hbond substituents is 1. The lowest BCUT2D eigenvalue weighted by molar-refractivity contribution is 0.266. The van der Waals surface area contributed by atoms with Crippen LogP contribution in [-0.4, -0.2) is 62.2 Å². The average molecular weight is 517 g/mol. The predicted octanol–water partition coefficient (Wildman–Crippen LogP) is 4.04. The minimum Gasteiger partial charge on any atom is -0.508 e. The van der Waals surface area contributed by atoms with Crippen molar-refractivity contribution < 1.29 is 13.5 Å². The molecule has 0 saturated carbocycles. The molecule has 3 aromatic carbocycles. The Morgan fingerprint density at radius 2 is 1.70 bits per heavy atom. The van der Waals surface area contributed by atoms with Crippen molar-refractivity contribution in [3.63, 3.8) is 0 Å². The maximum atomic E-state index is 13.6. The molecule has 1 fully saturated rings. The predicted molar refractivity (Wildman–Crippen MR) is 147 cm³/mol. The number of sulfonamides is 1. The normalized spacial score (nSPS) is 15.9. The molecule has 0 radical (unpaired) electrons. The summed E-state index contributed by atoms with van der Waals surface area (Å²) in [6.07, 6.45) is 4.82. The first-order valence-electron chi connectivity index (χ1n) is 12.6. The zero-order chi connectivity index (χ0) is 25.7. The van der Waals surface area contributed by atoms with Crippen molar-refractivity contribution in [1.82, 2.24) is 14.6 Å². The highest BCUT2D eigenvalue weighted by Crippen LogP contribution is 2.23. The van der Waals surface area contributed by atoms with Gasteiger partial charge in [-0.1, -0.05) is 42.5 Å². The molecule has 1 saturated heterocycles. The number of aromatic nitrogens is 1. The molecule has 2 heterocycles. The first-order chi connectivity index (χ1) is 18.0. The molecule has 5 rings (SSSR count). The summed E-state index contributed by atoms with van der Waals surface area (Å²) in [5, 5.41) is 11.1. The molecular weight excluding hydrogens is 484 g/mol. The third kappa shape index (κ3) is 6.28. The van der Waals surface area contributed by atoms with E-state index in [1.54, 1.807) is 42.7 Å². The van der Waals surface area contributed by atoms with Crippen LogP contribution < -0.4 is 9.62 Å². The Bertz CT molecular complexity index is 1420. The molecule has 0 spiro atoms. The fourth-order valence-electron chi connectivity index (χ4n) is 5.03.